The van der Waals surface area contributed by atoms with Crippen LogP contribution in [-0.2, 0) is 4.79 Å². The second-order valence-corrected chi connectivity index (χ2v) is 5.87. The number of carbonyl (C=O) groups excluding carboxylic acids is 1. The van der Waals surface area contributed by atoms with Crippen molar-refractivity contribution in [1.82, 2.24) is 5.32 Å². The third-order valence-electron chi connectivity index (χ3n) is 1.81. The van der Waals surface area contributed by atoms with E-state index >= 15 is 0 Å². The Morgan fingerprint density at radius 1 is 1.33 bits per heavy atom. The molecule has 0 aromatic heterocycles. The normalized spacial score (nSPS) is 18.3. The fraction of sp³-hybridized carbons (Fsp3) is 0. The molecule has 2 nitrogen and oxygen atoms in total. The highest BCUT2D eigenvalue weighted by Crippen LogP contribution is 2.25. The quantitative estimate of drug-likeness (QED) is 0.481. The van der Waals surface area contributed by atoms with Gasteiger partial charge in [0.05, 0.1) is 4.91 Å². The van der Waals surface area contributed by atoms with Crippen LogP contribution in [0.25, 0.3) is 6.08 Å². The van der Waals surface area contributed by atoms with Gasteiger partial charge in [-0.05, 0) is 46.4 Å². The second kappa shape index (κ2) is 4.63. The smallest absolute Gasteiger partial charge is 0.263 e. The molecule has 0 unspecified atom stereocenters. The molecule has 0 bridgehead atoms. The number of benzene rings is 1. The highest BCUT2D eigenvalue weighted by atomic mass is 127. The minimum Gasteiger partial charge on any atom is -0.307 e. The zero-order valence-corrected chi connectivity index (χ0v) is 11.3. The van der Waals surface area contributed by atoms with Gasteiger partial charge in [0.15, 0.2) is 0 Å². The molecule has 1 aliphatic heterocycles. The molecule has 15 heavy (non-hydrogen) atoms. The van der Waals surface area contributed by atoms with Gasteiger partial charge in [-0.25, -0.2) is 0 Å². The average molecular weight is 347 g/mol. The van der Waals surface area contributed by atoms with E-state index < -0.39 is 0 Å². The van der Waals surface area contributed by atoms with Gasteiger partial charge in [-0.15, -0.1) is 0 Å². The molecule has 1 heterocycles. The Balaban J connectivity index is 2.27. The highest BCUT2D eigenvalue weighted by molar-refractivity contribution is 14.1. The molecule has 76 valence electrons. The summed E-state index contributed by atoms with van der Waals surface area (Å²) in [6.45, 7) is 0. The van der Waals surface area contributed by atoms with Gasteiger partial charge in [0, 0.05) is 3.57 Å². The summed E-state index contributed by atoms with van der Waals surface area (Å²) < 4.78 is 1.70. The van der Waals surface area contributed by atoms with Gasteiger partial charge in [-0.3, -0.25) is 4.79 Å². The summed E-state index contributed by atoms with van der Waals surface area (Å²) in [6.07, 6.45) is 1.84. The molecular formula is C10H6INOS2. The monoisotopic (exact) mass is 347 g/mol. The lowest BCUT2D eigenvalue weighted by molar-refractivity contribution is -0.115. The van der Waals surface area contributed by atoms with Crippen LogP contribution in [0, 0.1) is 3.57 Å². The van der Waals surface area contributed by atoms with Crippen LogP contribution in [0.1, 0.15) is 5.56 Å². The van der Waals surface area contributed by atoms with Crippen molar-refractivity contribution in [3.8, 4) is 0 Å². The Morgan fingerprint density at radius 2 is 2.00 bits per heavy atom. The number of amides is 1. The molecule has 1 aromatic rings. The van der Waals surface area contributed by atoms with E-state index in [2.05, 4.69) is 27.9 Å². The van der Waals surface area contributed by atoms with Gasteiger partial charge in [-0.2, -0.15) is 0 Å². The molecule has 0 saturated carbocycles. The fourth-order valence-corrected chi connectivity index (χ4v) is 2.54. The molecule has 1 aliphatic rings. The lowest BCUT2D eigenvalue weighted by atomic mass is 10.2. The largest absolute Gasteiger partial charge is 0.307 e. The average Bonchev–Trinajstić information content (AvgIpc) is 2.49. The molecule has 0 radical (unpaired) electrons. The molecule has 5 heteroatoms. The van der Waals surface area contributed by atoms with Crippen LogP contribution in [0.3, 0.4) is 0 Å². The first-order valence-electron chi connectivity index (χ1n) is 4.15. The van der Waals surface area contributed by atoms with Gasteiger partial charge in [0.1, 0.15) is 4.32 Å². The van der Waals surface area contributed by atoms with E-state index in [0.29, 0.717) is 9.23 Å². The van der Waals surface area contributed by atoms with E-state index in [1.165, 1.54) is 15.3 Å². The zero-order chi connectivity index (χ0) is 10.8. The van der Waals surface area contributed by atoms with E-state index in [-0.39, 0.29) is 5.91 Å². The van der Waals surface area contributed by atoms with Crippen molar-refractivity contribution in [2.45, 2.75) is 0 Å². The predicted molar refractivity (Wildman–Crippen MR) is 75.5 cm³/mol. The predicted octanol–water partition coefficient (Wildman–Crippen LogP) is 2.78. The second-order valence-electron chi connectivity index (χ2n) is 2.90. The number of thiocarbonyl (C=S) groups is 1. The third-order valence-corrected chi connectivity index (χ3v) is 3.69. The van der Waals surface area contributed by atoms with Crippen LogP contribution in [0.4, 0.5) is 0 Å². The van der Waals surface area contributed by atoms with Crippen molar-refractivity contribution in [1.29, 1.82) is 0 Å². The summed E-state index contributed by atoms with van der Waals surface area (Å²) in [4.78, 5) is 12.0. The van der Waals surface area contributed by atoms with Crippen LogP contribution in [-0.4, -0.2) is 10.2 Å². The minimum absolute atomic E-state index is 0.108. The van der Waals surface area contributed by atoms with E-state index in [4.69, 9.17) is 12.2 Å². The van der Waals surface area contributed by atoms with E-state index in [1.54, 1.807) is 0 Å². The molecule has 1 aromatic carbocycles. The SMILES string of the molecule is O=C1NC(=S)S/C1=C/c1ccc(I)cc1. The summed E-state index contributed by atoms with van der Waals surface area (Å²) in [7, 11) is 0. The van der Waals surface area contributed by atoms with Crippen molar-refractivity contribution < 1.29 is 4.79 Å². The maximum absolute atomic E-state index is 11.4. The van der Waals surface area contributed by atoms with Gasteiger partial charge in [0.25, 0.3) is 5.91 Å². The van der Waals surface area contributed by atoms with Gasteiger partial charge in [0.2, 0.25) is 0 Å². The topological polar surface area (TPSA) is 29.1 Å². The number of rotatable bonds is 1. The maximum atomic E-state index is 11.4. The summed E-state index contributed by atoms with van der Waals surface area (Å²) >= 11 is 8.44. The van der Waals surface area contributed by atoms with Crippen molar-refractivity contribution in [3.63, 3.8) is 0 Å². The molecule has 0 spiro atoms. The van der Waals surface area contributed by atoms with E-state index in [9.17, 15) is 4.79 Å². The third kappa shape index (κ3) is 2.79. The number of halogens is 1. The van der Waals surface area contributed by atoms with Crippen LogP contribution in [0.5, 0.6) is 0 Å². The maximum Gasteiger partial charge on any atom is 0.263 e. The van der Waals surface area contributed by atoms with Gasteiger partial charge >= 0.3 is 0 Å². The van der Waals surface area contributed by atoms with Gasteiger partial charge in [-0.1, -0.05) is 36.1 Å². The zero-order valence-electron chi connectivity index (χ0n) is 7.49. The van der Waals surface area contributed by atoms with Crippen LogP contribution < -0.4 is 5.32 Å². The number of hydrogen-bond donors (Lipinski definition) is 1. The number of nitrogens with one attached hydrogen (secondary N) is 1. The molecule has 1 saturated heterocycles. The Labute approximate surface area is 111 Å². The van der Waals surface area contributed by atoms with Crippen molar-refractivity contribution in [3.05, 3.63) is 38.3 Å². The van der Waals surface area contributed by atoms with Crippen LogP contribution in [0.15, 0.2) is 29.2 Å². The molecule has 1 N–H and O–H groups in total. The first-order chi connectivity index (χ1) is 7.15. The van der Waals surface area contributed by atoms with Crippen molar-refractivity contribution in [2.75, 3.05) is 0 Å². The summed E-state index contributed by atoms with van der Waals surface area (Å²) in [5.74, 6) is -0.108. The summed E-state index contributed by atoms with van der Waals surface area (Å²) in [6, 6.07) is 7.96. The number of carbonyl (C=O) groups is 1. The minimum atomic E-state index is -0.108. The molecule has 2 rings (SSSR count). The molecular weight excluding hydrogens is 341 g/mol. The standard InChI is InChI=1S/C10H6INOS2/c11-7-3-1-6(2-4-7)5-8-9(13)12-10(14)15-8/h1-5H,(H,12,13,14)/b8-5+. The Kier molecular flexibility index (Phi) is 3.42. The fourth-order valence-electron chi connectivity index (χ4n) is 1.13. The molecule has 0 atom stereocenters. The van der Waals surface area contributed by atoms with E-state index in [0.717, 1.165) is 5.56 Å². The lowest BCUT2D eigenvalue weighted by Gasteiger charge is -1.95. The number of thioether (sulfide) groups is 1. The van der Waals surface area contributed by atoms with Crippen molar-refractivity contribution >= 4 is 62.9 Å². The Hall–Kier alpha value is -0.400. The van der Waals surface area contributed by atoms with Crippen LogP contribution >= 0.6 is 46.6 Å². The Bertz CT molecular complexity index is 453. The van der Waals surface area contributed by atoms with E-state index in [1.807, 2.05) is 30.3 Å². The molecule has 1 fully saturated rings. The first-order valence-corrected chi connectivity index (χ1v) is 6.46. The number of hydrogen-bond acceptors (Lipinski definition) is 3. The van der Waals surface area contributed by atoms with Crippen molar-refractivity contribution in [2.24, 2.45) is 0 Å². The highest BCUT2D eigenvalue weighted by Gasteiger charge is 2.21. The molecule has 1 amide bonds. The Morgan fingerprint density at radius 3 is 2.53 bits per heavy atom. The summed E-state index contributed by atoms with van der Waals surface area (Å²) in [5.41, 5.74) is 1.01. The summed E-state index contributed by atoms with van der Waals surface area (Å²) in [5, 5.41) is 2.58. The first kappa shape index (κ1) is 11.1. The molecule has 0 aliphatic carbocycles. The van der Waals surface area contributed by atoms with Gasteiger partial charge < -0.3 is 5.32 Å². The lowest BCUT2D eigenvalue weighted by Crippen LogP contribution is -2.17. The van der Waals surface area contributed by atoms with Crippen LogP contribution in [0.2, 0.25) is 0 Å².